The Balaban J connectivity index is 2.39. The Labute approximate surface area is 149 Å². The van der Waals surface area contributed by atoms with E-state index in [1.54, 1.807) is 0 Å². The second-order valence-electron chi connectivity index (χ2n) is 7.39. The Morgan fingerprint density at radius 3 is 2.29 bits per heavy atom. The molecule has 2 rings (SSSR count). The van der Waals surface area contributed by atoms with Crippen molar-refractivity contribution in [2.45, 2.75) is 59.1 Å². The van der Waals surface area contributed by atoms with Crippen LogP contribution in [0.4, 0.5) is 0 Å². The van der Waals surface area contributed by atoms with Gasteiger partial charge >= 0.3 is 5.97 Å². The highest BCUT2D eigenvalue weighted by Crippen LogP contribution is 2.29. The fourth-order valence-corrected chi connectivity index (χ4v) is 2.89. The van der Waals surface area contributed by atoms with E-state index in [9.17, 15) is 4.79 Å². The zero-order chi connectivity index (χ0) is 18.1. The van der Waals surface area contributed by atoms with Gasteiger partial charge in [0.25, 0.3) is 0 Å². The molecule has 0 radical (unpaired) electrons. The van der Waals surface area contributed by atoms with Crippen molar-refractivity contribution in [1.82, 2.24) is 10.6 Å². The van der Waals surface area contributed by atoms with Gasteiger partial charge in [-0.1, -0.05) is 38.1 Å². The molecule has 5 heteroatoms. The van der Waals surface area contributed by atoms with Crippen LogP contribution in [0.1, 0.15) is 64.6 Å². The highest BCUT2D eigenvalue weighted by atomic mass is 32.1. The molecular weight excluding hydrogens is 320 g/mol. The second-order valence-corrected chi connectivity index (χ2v) is 7.80. The Bertz CT molecular complexity index is 670. The Morgan fingerprint density at radius 1 is 1.21 bits per heavy atom. The van der Waals surface area contributed by atoms with Gasteiger partial charge in [-0.2, -0.15) is 0 Å². The molecule has 1 heterocycles. The lowest BCUT2D eigenvalue weighted by Crippen LogP contribution is -2.45. The molecule has 0 aromatic heterocycles. The summed E-state index contributed by atoms with van der Waals surface area (Å²) < 4.78 is 5.58. The minimum Gasteiger partial charge on any atom is -0.456 e. The third-order valence-electron chi connectivity index (χ3n) is 3.82. The first-order valence-corrected chi connectivity index (χ1v) is 8.61. The molecule has 1 aliphatic heterocycles. The van der Waals surface area contributed by atoms with E-state index in [2.05, 4.69) is 36.6 Å². The molecule has 130 valence electrons. The minimum atomic E-state index is -0.547. The second kappa shape index (κ2) is 6.93. The van der Waals surface area contributed by atoms with Gasteiger partial charge in [0.2, 0.25) is 0 Å². The van der Waals surface area contributed by atoms with Crippen LogP contribution < -0.4 is 10.6 Å². The van der Waals surface area contributed by atoms with Gasteiger partial charge < -0.3 is 15.4 Å². The molecule has 0 saturated heterocycles. The average molecular weight is 346 g/mol. The lowest BCUT2D eigenvalue weighted by Gasteiger charge is -2.31. The van der Waals surface area contributed by atoms with Crippen LogP contribution in [-0.2, 0) is 9.53 Å². The first kappa shape index (κ1) is 18.5. The van der Waals surface area contributed by atoms with Gasteiger partial charge in [0.1, 0.15) is 5.60 Å². The van der Waals surface area contributed by atoms with E-state index in [0.717, 1.165) is 11.3 Å². The first-order chi connectivity index (χ1) is 11.1. The molecular formula is C19H26N2O2S. The normalized spacial score (nSPS) is 18.3. The standard InChI is InChI=1S/C19H26N2O2S/c1-11(2)13-7-9-14(10-8-13)16-15(12(3)20-18(24)21-16)17(22)23-19(4,5)6/h7-11,16H,1-6H3,(H2,20,21,24)/t16-/m1/s1. The van der Waals surface area contributed by atoms with Gasteiger partial charge in [-0.15, -0.1) is 0 Å². The third-order valence-corrected chi connectivity index (χ3v) is 4.04. The SMILES string of the molecule is CC1=C(C(=O)OC(C)(C)C)[C@@H](c2ccc(C(C)C)cc2)NC(=S)N1. The summed E-state index contributed by atoms with van der Waals surface area (Å²) in [6.45, 7) is 11.7. The number of esters is 1. The number of nitrogens with one attached hydrogen (secondary N) is 2. The number of benzene rings is 1. The van der Waals surface area contributed by atoms with Crippen molar-refractivity contribution in [3.8, 4) is 0 Å². The van der Waals surface area contributed by atoms with E-state index in [1.165, 1.54) is 5.56 Å². The molecule has 0 saturated carbocycles. The summed E-state index contributed by atoms with van der Waals surface area (Å²) >= 11 is 5.27. The van der Waals surface area contributed by atoms with E-state index >= 15 is 0 Å². The average Bonchev–Trinajstić information content (AvgIpc) is 2.44. The fourth-order valence-electron chi connectivity index (χ4n) is 2.62. The number of thiocarbonyl (C=S) groups is 1. The molecule has 0 spiro atoms. The summed E-state index contributed by atoms with van der Waals surface area (Å²) in [7, 11) is 0. The fraction of sp³-hybridized carbons (Fsp3) is 0.474. The Morgan fingerprint density at radius 2 is 1.79 bits per heavy atom. The van der Waals surface area contributed by atoms with Crippen molar-refractivity contribution in [2.75, 3.05) is 0 Å². The zero-order valence-corrected chi connectivity index (χ0v) is 16.0. The summed E-state index contributed by atoms with van der Waals surface area (Å²) in [6, 6.07) is 7.95. The van der Waals surface area contributed by atoms with Crippen LogP contribution in [0, 0.1) is 0 Å². The number of carbonyl (C=O) groups excluding carboxylic acids is 1. The zero-order valence-electron chi connectivity index (χ0n) is 15.2. The molecule has 4 nitrogen and oxygen atoms in total. The van der Waals surface area contributed by atoms with E-state index < -0.39 is 5.60 Å². The number of hydrogen-bond acceptors (Lipinski definition) is 3. The van der Waals surface area contributed by atoms with Gasteiger partial charge in [0, 0.05) is 5.70 Å². The first-order valence-electron chi connectivity index (χ1n) is 8.20. The summed E-state index contributed by atoms with van der Waals surface area (Å²) in [4.78, 5) is 12.7. The van der Waals surface area contributed by atoms with E-state index in [0.29, 0.717) is 16.6 Å². The maximum atomic E-state index is 12.7. The molecule has 2 N–H and O–H groups in total. The molecule has 0 fully saturated rings. The molecule has 1 aromatic carbocycles. The van der Waals surface area contributed by atoms with Crippen LogP contribution in [0.15, 0.2) is 35.5 Å². The lowest BCUT2D eigenvalue weighted by molar-refractivity contribution is -0.150. The van der Waals surface area contributed by atoms with Crippen LogP contribution in [0.5, 0.6) is 0 Å². The van der Waals surface area contributed by atoms with Crippen molar-refractivity contribution >= 4 is 23.3 Å². The van der Waals surface area contributed by atoms with Crippen LogP contribution >= 0.6 is 12.2 Å². The summed E-state index contributed by atoms with van der Waals surface area (Å²) in [6.07, 6.45) is 0. The van der Waals surface area contributed by atoms with Crippen LogP contribution in [0.2, 0.25) is 0 Å². The highest BCUT2D eigenvalue weighted by Gasteiger charge is 2.32. The molecule has 1 aromatic rings. The summed E-state index contributed by atoms with van der Waals surface area (Å²) in [5.74, 6) is 0.129. The smallest absolute Gasteiger partial charge is 0.338 e. The number of ether oxygens (including phenoxy) is 1. The molecule has 0 unspecified atom stereocenters. The van der Waals surface area contributed by atoms with E-state index in [4.69, 9.17) is 17.0 Å². The van der Waals surface area contributed by atoms with Gasteiger partial charge in [0.05, 0.1) is 11.6 Å². The van der Waals surface area contributed by atoms with Crippen molar-refractivity contribution in [1.29, 1.82) is 0 Å². The molecule has 24 heavy (non-hydrogen) atoms. The maximum Gasteiger partial charge on any atom is 0.338 e. The van der Waals surface area contributed by atoms with Gasteiger partial charge in [-0.05, 0) is 57.0 Å². The van der Waals surface area contributed by atoms with Gasteiger partial charge in [0.15, 0.2) is 5.11 Å². The highest BCUT2D eigenvalue weighted by molar-refractivity contribution is 7.80. The van der Waals surface area contributed by atoms with E-state index in [-0.39, 0.29) is 12.0 Å². The predicted octanol–water partition coefficient (Wildman–Crippen LogP) is 3.94. The molecule has 0 bridgehead atoms. The molecule has 0 amide bonds. The topological polar surface area (TPSA) is 50.4 Å². The predicted molar refractivity (Wildman–Crippen MR) is 101 cm³/mol. The molecule has 0 aliphatic carbocycles. The van der Waals surface area contributed by atoms with E-state index in [1.807, 2.05) is 39.8 Å². The van der Waals surface area contributed by atoms with Crippen LogP contribution in [0.25, 0.3) is 0 Å². The third kappa shape index (κ3) is 4.35. The number of carbonyl (C=O) groups is 1. The summed E-state index contributed by atoms with van der Waals surface area (Å²) in [5, 5.41) is 6.73. The van der Waals surface area contributed by atoms with Crippen molar-refractivity contribution < 1.29 is 9.53 Å². The van der Waals surface area contributed by atoms with Crippen molar-refractivity contribution in [3.05, 3.63) is 46.7 Å². The molecule has 1 aliphatic rings. The minimum absolute atomic E-state index is 0.310. The van der Waals surface area contributed by atoms with Gasteiger partial charge in [-0.25, -0.2) is 4.79 Å². The lowest BCUT2D eigenvalue weighted by atomic mass is 9.93. The number of allylic oxidation sites excluding steroid dienone is 1. The van der Waals surface area contributed by atoms with Crippen LogP contribution in [0.3, 0.4) is 0 Å². The quantitative estimate of drug-likeness (QED) is 0.641. The maximum absolute atomic E-state index is 12.7. The van der Waals surface area contributed by atoms with Crippen molar-refractivity contribution in [2.24, 2.45) is 0 Å². The summed E-state index contributed by atoms with van der Waals surface area (Å²) in [5.41, 5.74) is 2.99. The molecule has 1 atom stereocenters. The number of rotatable bonds is 3. The largest absolute Gasteiger partial charge is 0.456 e. The Hall–Kier alpha value is -1.88. The van der Waals surface area contributed by atoms with Gasteiger partial charge in [-0.3, -0.25) is 0 Å². The number of hydrogen-bond donors (Lipinski definition) is 2. The van der Waals surface area contributed by atoms with Crippen LogP contribution in [-0.4, -0.2) is 16.7 Å². The monoisotopic (exact) mass is 346 g/mol. The Kier molecular flexibility index (Phi) is 5.33. The van der Waals surface area contributed by atoms with Crippen molar-refractivity contribution in [3.63, 3.8) is 0 Å².